The number of hydrogen-bond donors (Lipinski definition) is 0. The highest BCUT2D eigenvalue weighted by Gasteiger charge is 2.13. The van der Waals surface area contributed by atoms with Crippen molar-refractivity contribution in [2.24, 2.45) is 0 Å². The van der Waals surface area contributed by atoms with Gasteiger partial charge in [0, 0.05) is 0 Å². The van der Waals surface area contributed by atoms with E-state index in [0.29, 0.717) is 0 Å². The molecule has 1 aromatic carbocycles. The molecule has 0 saturated carbocycles. The Kier molecular flexibility index (Phi) is 4.17. The molecular formula is C11H12N2O2. The van der Waals surface area contributed by atoms with E-state index in [-0.39, 0.29) is 13.2 Å². The number of ether oxygens (including phenoxy) is 1. The first-order chi connectivity index (χ1) is 7.27. The fourth-order valence-corrected chi connectivity index (χ4v) is 1.11. The summed E-state index contributed by atoms with van der Waals surface area (Å²) in [5, 5.41) is 8.76. The third-order valence-corrected chi connectivity index (χ3v) is 1.79. The normalized spacial score (nSPS) is 9.07. The summed E-state index contributed by atoms with van der Waals surface area (Å²) < 4.78 is 4.73. The zero-order chi connectivity index (χ0) is 11.1. The number of benzene rings is 1. The summed E-state index contributed by atoms with van der Waals surface area (Å²) in [6.07, 6.45) is 1.19. The van der Waals surface area contributed by atoms with Crippen molar-refractivity contribution >= 4 is 6.09 Å². The van der Waals surface area contributed by atoms with Crippen LogP contribution < -0.4 is 0 Å². The third kappa shape index (κ3) is 3.31. The molecule has 0 unspecified atom stereocenters. The monoisotopic (exact) mass is 204 g/mol. The third-order valence-electron chi connectivity index (χ3n) is 1.79. The maximum absolute atomic E-state index is 11.3. The lowest BCUT2D eigenvalue weighted by Crippen LogP contribution is -2.26. The Bertz CT molecular complexity index is 357. The van der Waals surface area contributed by atoms with Crippen LogP contribution in [0.2, 0.25) is 0 Å². The molecule has 0 aliphatic rings. The van der Waals surface area contributed by atoms with Gasteiger partial charge < -0.3 is 4.74 Å². The van der Waals surface area contributed by atoms with Gasteiger partial charge in [-0.05, 0) is 12.5 Å². The molecular weight excluding hydrogens is 192 g/mol. The minimum atomic E-state index is -0.608. The Morgan fingerprint density at radius 3 is 2.67 bits per heavy atom. The van der Waals surface area contributed by atoms with Gasteiger partial charge in [0.2, 0.25) is 0 Å². The topological polar surface area (TPSA) is 53.3 Å². The molecule has 4 heteroatoms. The van der Waals surface area contributed by atoms with Gasteiger partial charge in [-0.15, -0.1) is 0 Å². The number of rotatable bonds is 3. The molecule has 0 aliphatic carbocycles. The van der Waals surface area contributed by atoms with Crippen molar-refractivity contribution < 1.29 is 9.53 Å². The smallest absolute Gasteiger partial charge is 0.423 e. The lowest BCUT2D eigenvalue weighted by molar-refractivity contribution is 0.123. The van der Waals surface area contributed by atoms with E-state index in [1.54, 1.807) is 13.1 Å². The summed E-state index contributed by atoms with van der Waals surface area (Å²) in [6.45, 7) is 2.22. The first kappa shape index (κ1) is 11.1. The molecule has 0 aliphatic heterocycles. The summed E-state index contributed by atoms with van der Waals surface area (Å²) in [4.78, 5) is 12.2. The van der Waals surface area contributed by atoms with E-state index in [1.807, 2.05) is 30.3 Å². The van der Waals surface area contributed by atoms with E-state index < -0.39 is 6.09 Å². The highest BCUT2D eigenvalue weighted by molar-refractivity contribution is 5.69. The fraction of sp³-hybridized carbons (Fsp3) is 0.273. The maximum atomic E-state index is 11.3. The number of amides is 1. The molecule has 0 N–H and O–H groups in total. The number of nitrogens with zero attached hydrogens (tertiary/aromatic N) is 2. The lowest BCUT2D eigenvalue weighted by atomic mass is 10.2. The van der Waals surface area contributed by atoms with Crippen molar-refractivity contribution in [3.8, 4) is 6.19 Å². The van der Waals surface area contributed by atoms with Crippen LogP contribution in [-0.2, 0) is 11.3 Å². The molecule has 0 bridgehead atoms. The van der Waals surface area contributed by atoms with E-state index in [1.165, 1.54) is 0 Å². The fourth-order valence-electron chi connectivity index (χ4n) is 1.11. The van der Waals surface area contributed by atoms with Crippen molar-refractivity contribution in [1.29, 1.82) is 5.26 Å². The van der Waals surface area contributed by atoms with Gasteiger partial charge in [0.05, 0.1) is 13.2 Å². The van der Waals surface area contributed by atoms with Gasteiger partial charge in [0.25, 0.3) is 0 Å². The van der Waals surface area contributed by atoms with Gasteiger partial charge in [-0.25, -0.2) is 9.69 Å². The standard InChI is InChI=1S/C11H12N2O2/c1-2-15-11(14)13(9-12)8-10-6-4-3-5-7-10/h3-7H,2,8H2,1H3. The Morgan fingerprint density at radius 1 is 1.47 bits per heavy atom. The number of nitriles is 1. The van der Waals surface area contributed by atoms with E-state index in [9.17, 15) is 4.79 Å². The van der Waals surface area contributed by atoms with Crippen LogP contribution >= 0.6 is 0 Å². The Labute approximate surface area is 88.7 Å². The zero-order valence-electron chi connectivity index (χ0n) is 8.51. The largest absolute Gasteiger partial charge is 0.449 e. The first-order valence-electron chi connectivity index (χ1n) is 4.66. The quantitative estimate of drug-likeness (QED) is 0.559. The molecule has 15 heavy (non-hydrogen) atoms. The van der Waals surface area contributed by atoms with Crippen molar-refractivity contribution in [3.05, 3.63) is 35.9 Å². The van der Waals surface area contributed by atoms with E-state index in [0.717, 1.165) is 10.5 Å². The predicted molar refractivity (Wildman–Crippen MR) is 54.6 cm³/mol. The van der Waals surface area contributed by atoms with Crippen LogP contribution in [0.1, 0.15) is 12.5 Å². The average molecular weight is 204 g/mol. The predicted octanol–water partition coefficient (Wildman–Crippen LogP) is 2.13. The van der Waals surface area contributed by atoms with Crippen LogP contribution in [0.3, 0.4) is 0 Å². The molecule has 78 valence electrons. The van der Waals surface area contributed by atoms with Crippen molar-refractivity contribution in [2.75, 3.05) is 6.61 Å². The van der Waals surface area contributed by atoms with Crippen molar-refractivity contribution in [1.82, 2.24) is 4.90 Å². The first-order valence-corrected chi connectivity index (χ1v) is 4.66. The maximum Gasteiger partial charge on any atom is 0.423 e. The molecule has 0 spiro atoms. The molecule has 1 aromatic rings. The van der Waals surface area contributed by atoms with Crippen LogP contribution in [-0.4, -0.2) is 17.6 Å². The molecule has 0 saturated heterocycles. The summed E-state index contributed by atoms with van der Waals surface area (Å²) in [5.74, 6) is 0. The van der Waals surface area contributed by atoms with Gasteiger partial charge in [0.1, 0.15) is 0 Å². The van der Waals surface area contributed by atoms with Gasteiger partial charge in [-0.2, -0.15) is 5.26 Å². The van der Waals surface area contributed by atoms with Crippen LogP contribution in [0.5, 0.6) is 0 Å². The van der Waals surface area contributed by atoms with Crippen molar-refractivity contribution in [2.45, 2.75) is 13.5 Å². The molecule has 0 fully saturated rings. The summed E-state index contributed by atoms with van der Waals surface area (Å²) >= 11 is 0. The highest BCUT2D eigenvalue weighted by Crippen LogP contribution is 2.04. The van der Waals surface area contributed by atoms with E-state index in [4.69, 9.17) is 10.00 Å². The Morgan fingerprint density at radius 2 is 2.13 bits per heavy atom. The Balaban J connectivity index is 2.63. The number of carbonyl (C=O) groups is 1. The van der Waals surface area contributed by atoms with Crippen LogP contribution in [0.15, 0.2) is 30.3 Å². The second kappa shape index (κ2) is 5.66. The average Bonchev–Trinajstić information content (AvgIpc) is 2.27. The molecule has 0 heterocycles. The van der Waals surface area contributed by atoms with Crippen molar-refractivity contribution in [3.63, 3.8) is 0 Å². The summed E-state index contributed by atoms with van der Waals surface area (Å²) in [7, 11) is 0. The molecule has 1 amide bonds. The summed E-state index contributed by atoms with van der Waals surface area (Å²) in [5.41, 5.74) is 0.895. The minimum Gasteiger partial charge on any atom is -0.449 e. The minimum absolute atomic E-state index is 0.246. The molecule has 0 radical (unpaired) electrons. The van der Waals surface area contributed by atoms with Gasteiger partial charge in [-0.3, -0.25) is 0 Å². The van der Waals surface area contributed by atoms with Crippen LogP contribution in [0.4, 0.5) is 4.79 Å². The zero-order valence-corrected chi connectivity index (χ0v) is 8.51. The summed E-state index contributed by atoms with van der Waals surface area (Å²) in [6, 6.07) is 9.30. The highest BCUT2D eigenvalue weighted by atomic mass is 16.6. The van der Waals surface area contributed by atoms with Crippen LogP contribution in [0, 0.1) is 11.5 Å². The number of carbonyl (C=O) groups excluding carboxylic acids is 1. The molecule has 4 nitrogen and oxygen atoms in total. The van der Waals surface area contributed by atoms with Crippen LogP contribution in [0.25, 0.3) is 0 Å². The molecule has 1 rings (SSSR count). The second-order valence-corrected chi connectivity index (χ2v) is 2.87. The van der Waals surface area contributed by atoms with Gasteiger partial charge in [0.15, 0.2) is 6.19 Å². The van der Waals surface area contributed by atoms with E-state index >= 15 is 0 Å². The van der Waals surface area contributed by atoms with Gasteiger partial charge in [-0.1, -0.05) is 30.3 Å². The Hall–Kier alpha value is -2.02. The second-order valence-electron chi connectivity index (χ2n) is 2.87. The molecule has 0 aromatic heterocycles. The lowest BCUT2D eigenvalue weighted by Gasteiger charge is -2.12. The van der Waals surface area contributed by atoms with Gasteiger partial charge >= 0.3 is 6.09 Å². The molecule has 0 atom stereocenters. The SMILES string of the molecule is CCOC(=O)N(C#N)Cc1ccccc1. The number of hydrogen-bond acceptors (Lipinski definition) is 3. The van der Waals surface area contributed by atoms with E-state index in [2.05, 4.69) is 0 Å².